The Kier molecular flexibility index (Phi) is 2.46. The number of hydrogen-bond acceptors (Lipinski definition) is 3. The molecule has 3 nitrogen and oxygen atoms in total. The Labute approximate surface area is 87.3 Å². The zero-order chi connectivity index (χ0) is 10.1. The van der Waals surface area contributed by atoms with E-state index < -0.39 is 0 Å². The van der Waals surface area contributed by atoms with Gasteiger partial charge in [0.05, 0.1) is 5.56 Å². The van der Waals surface area contributed by atoms with Gasteiger partial charge in [0.25, 0.3) is 5.91 Å². The normalized spacial score (nSPS) is 14.9. The fourth-order valence-electron chi connectivity index (χ4n) is 2.00. The van der Waals surface area contributed by atoms with Gasteiger partial charge in [-0.05, 0) is 31.2 Å². The lowest BCUT2D eigenvalue weighted by atomic mass is 9.95. The summed E-state index contributed by atoms with van der Waals surface area (Å²) in [5.41, 5.74) is 7.31. The maximum Gasteiger partial charge on any atom is 0.251 e. The van der Waals surface area contributed by atoms with Crippen LogP contribution >= 0.6 is 11.3 Å². The molecule has 2 rings (SSSR count). The van der Waals surface area contributed by atoms with E-state index in [9.17, 15) is 4.79 Å². The van der Waals surface area contributed by atoms with Crippen LogP contribution in [0, 0.1) is 0 Å². The van der Waals surface area contributed by atoms with Crippen LogP contribution in [0.2, 0.25) is 0 Å². The van der Waals surface area contributed by atoms with Crippen LogP contribution in [0.1, 0.15) is 33.6 Å². The number of carbonyl (C=O) groups is 1. The average molecular weight is 210 g/mol. The van der Waals surface area contributed by atoms with Crippen molar-refractivity contribution in [1.82, 2.24) is 0 Å². The standard InChI is InChI=1S/C10H14N2OS/c1-12-10-8(9(11)13)6-4-2-3-5-7(6)14-10/h12H,2-5H2,1H3,(H2,11,13). The summed E-state index contributed by atoms with van der Waals surface area (Å²) in [5, 5.41) is 3.99. The minimum atomic E-state index is -0.297. The molecular formula is C10H14N2OS. The summed E-state index contributed by atoms with van der Waals surface area (Å²) in [6.07, 6.45) is 4.51. The number of nitrogens with one attached hydrogen (secondary N) is 1. The first-order valence-electron chi connectivity index (χ1n) is 4.86. The number of nitrogens with two attached hydrogens (primary N) is 1. The predicted octanol–water partition coefficient (Wildman–Crippen LogP) is 1.77. The van der Waals surface area contributed by atoms with Crippen LogP contribution in [0.15, 0.2) is 0 Å². The third-order valence-corrected chi connectivity index (χ3v) is 3.95. The number of hydrogen-bond donors (Lipinski definition) is 2. The smallest absolute Gasteiger partial charge is 0.251 e. The molecule has 76 valence electrons. The summed E-state index contributed by atoms with van der Waals surface area (Å²) >= 11 is 1.68. The summed E-state index contributed by atoms with van der Waals surface area (Å²) in [7, 11) is 1.84. The first-order valence-corrected chi connectivity index (χ1v) is 5.67. The van der Waals surface area contributed by atoms with E-state index in [1.54, 1.807) is 11.3 Å². The van der Waals surface area contributed by atoms with Gasteiger partial charge in [-0.15, -0.1) is 11.3 Å². The fraction of sp³-hybridized carbons (Fsp3) is 0.500. The first-order chi connectivity index (χ1) is 6.74. The van der Waals surface area contributed by atoms with Gasteiger partial charge in [-0.1, -0.05) is 0 Å². The van der Waals surface area contributed by atoms with Gasteiger partial charge < -0.3 is 11.1 Å². The van der Waals surface area contributed by atoms with E-state index in [0.29, 0.717) is 0 Å². The van der Waals surface area contributed by atoms with Gasteiger partial charge in [0, 0.05) is 11.9 Å². The topological polar surface area (TPSA) is 55.1 Å². The van der Waals surface area contributed by atoms with Crippen LogP contribution in [0.5, 0.6) is 0 Å². The van der Waals surface area contributed by atoms with Gasteiger partial charge in [0.2, 0.25) is 0 Å². The molecule has 14 heavy (non-hydrogen) atoms. The molecule has 0 aliphatic heterocycles. The molecule has 0 aromatic carbocycles. The van der Waals surface area contributed by atoms with Crippen LogP contribution in [-0.2, 0) is 12.8 Å². The van der Waals surface area contributed by atoms with E-state index >= 15 is 0 Å². The van der Waals surface area contributed by atoms with E-state index in [2.05, 4.69) is 5.32 Å². The molecule has 1 aliphatic carbocycles. The summed E-state index contributed by atoms with van der Waals surface area (Å²) in [5.74, 6) is -0.297. The highest BCUT2D eigenvalue weighted by molar-refractivity contribution is 7.16. The zero-order valence-corrected chi connectivity index (χ0v) is 9.04. The van der Waals surface area contributed by atoms with E-state index in [-0.39, 0.29) is 5.91 Å². The molecule has 1 amide bonds. The summed E-state index contributed by atoms with van der Waals surface area (Å²) < 4.78 is 0. The second-order valence-electron chi connectivity index (χ2n) is 3.53. The van der Waals surface area contributed by atoms with Crippen molar-refractivity contribution in [3.8, 4) is 0 Å². The first kappa shape index (κ1) is 9.52. The molecule has 0 saturated carbocycles. The highest BCUT2D eigenvalue weighted by Crippen LogP contribution is 2.37. The Morgan fingerprint density at radius 1 is 1.43 bits per heavy atom. The fourth-order valence-corrected chi connectivity index (χ4v) is 3.25. The molecule has 0 saturated heterocycles. The van der Waals surface area contributed by atoms with Gasteiger partial charge in [-0.25, -0.2) is 0 Å². The lowest BCUT2D eigenvalue weighted by Crippen LogP contribution is -2.15. The highest BCUT2D eigenvalue weighted by atomic mass is 32.1. The molecule has 0 bridgehead atoms. The van der Waals surface area contributed by atoms with Crippen LogP contribution in [0.3, 0.4) is 0 Å². The number of fused-ring (bicyclic) bond motifs is 1. The Morgan fingerprint density at radius 2 is 2.14 bits per heavy atom. The van der Waals surface area contributed by atoms with Gasteiger partial charge in [-0.2, -0.15) is 0 Å². The Hall–Kier alpha value is -1.03. The molecule has 1 heterocycles. The van der Waals surface area contributed by atoms with Crippen molar-refractivity contribution in [1.29, 1.82) is 0 Å². The second-order valence-corrected chi connectivity index (χ2v) is 4.63. The molecular weight excluding hydrogens is 196 g/mol. The van der Waals surface area contributed by atoms with Crippen LogP contribution in [0.4, 0.5) is 5.00 Å². The van der Waals surface area contributed by atoms with Gasteiger partial charge >= 0.3 is 0 Å². The van der Waals surface area contributed by atoms with E-state index in [1.165, 1.54) is 23.3 Å². The molecule has 1 aromatic rings. The van der Waals surface area contributed by atoms with Crippen LogP contribution in [0.25, 0.3) is 0 Å². The summed E-state index contributed by atoms with van der Waals surface area (Å²) in [6.45, 7) is 0. The monoisotopic (exact) mass is 210 g/mol. The SMILES string of the molecule is CNc1sc2c(c1C(N)=O)CCCC2. The van der Waals surface area contributed by atoms with Crippen molar-refractivity contribution >= 4 is 22.2 Å². The Bertz CT molecular complexity index is 370. The number of primary amides is 1. The quantitative estimate of drug-likeness (QED) is 0.781. The lowest BCUT2D eigenvalue weighted by molar-refractivity contribution is 0.100. The largest absolute Gasteiger partial charge is 0.379 e. The summed E-state index contributed by atoms with van der Waals surface area (Å²) in [6, 6.07) is 0. The Balaban J connectivity index is 2.53. The molecule has 0 spiro atoms. The maximum absolute atomic E-state index is 11.3. The number of aryl methyl sites for hydroxylation is 1. The number of rotatable bonds is 2. The maximum atomic E-state index is 11.3. The van der Waals surface area contributed by atoms with Crippen molar-refractivity contribution in [3.63, 3.8) is 0 Å². The third kappa shape index (κ3) is 1.39. The minimum absolute atomic E-state index is 0.297. The number of carbonyl (C=O) groups excluding carboxylic acids is 1. The molecule has 0 radical (unpaired) electrons. The molecule has 1 aliphatic rings. The molecule has 0 atom stereocenters. The third-order valence-electron chi connectivity index (χ3n) is 2.64. The van der Waals surface area contributed by atoms with E-state index in [1.807, 2.05) is 7.05 Å². The number of thiophene rings is 1. The number of anilines is 1. The summed E-state index contributed by atoms with van der Waals surface area (Å²) in [4.78, 5) is 12.6. The van der Waals surface area contributed by atoms with E-state index in [4.69, 9.17) is 5.73 Å². The lowest BCUT2D eigenvalue weighted by Gasteiger charge is -2.10. The van der Waals surface area contributed by atoms with Crippen molar-refractivity contribution < 1.29 is 4.79 Å². The van der Waals surface area contributed by atoms with E-state index in [0.717, 1.165) is 23.4 Å². The van der Waals surface area contributed by atoms with Gasteiger partial charge in [0.1, 0.15) is 5.00 Å². The minimum Gasteiger partial charge on any atom is -0.379 e. The number of amides is 1. The average Bonchev–Trinajstić information content (AvgIpc) is 2.55. The highest BCUT2D eigenvalue weighted by Gasteiger charge is 2.22. The van der Waals surface area contributed by atoms with Gasteiger partial charge in [-0.3, -0.25) is 4.79 Å². The Morgan fingerprint density at radius 3 is 2.79 bits per heavy atom. The van der Waals surface area contributed by atoms with Crippen molar-refractivity contribution in [2.75, 3.05) is 12.4 Å². The zero-order valence-electron chi connectivity index (χ0n) is 8.22. The second kappa shape index (κ2) is 3.61. The molecule has 3 N–H and O–H groups in total. The molecule has 0 unspecified atom stereocenters. The molecule has 4 heteroatoms. The predicted molar refractivity (Wildman–Crippen MR) is 59.0 cm³/mol. The van der Waals surface area contributed by atoms with Crippen molar-refractivity contribution in [2.45, 2.75) is 25.7 Å². The van der Waals surface area contributed by atoms with Crippen LogP contribution < -0.4 is 11.1 Å². The molecule has 0 fully saturated rings. The van der Waals surface area contributed by atoms with Gasteiger partial charge in [0.15, 0.2) is 0 Å². The van der Waals surface area contributed by atoms with Crippen molar-refractivity contribution in [3.05, 3.63) is 16.0 Å². The van der Waals surface area contributed by atoms with Crippen LogP contribution in [-0.4, -0.2) is 13.0 Å². The molecule has 1 aromatic heterocycles. The van der Waals surface area contributed by atoms with Crippen molar-refractivity contribution in [2.24, 2.45) is 5.73 Å².